The number of carbonyl (C=O) groups is 4. The molecule has 0 saturated heterocycles. The number of methoxy groups -OCH3 is 1. The Labute approximate surface area is 188 Å². The molecular formula is C21H23NO11. The van der Waals surface area contributed by atoms with Crippen LogP contribution in [0.3, 0.4) is 0 Å². The first-order chi connectivity index (χ1) is 15.6. The number of amides is 1. The summed E-state index contributed by atoms with van der Waals surface area (Å²) in [6.45, 7) is 3.32. The van der Waals surface area contributed by atoms with Gasteiger partial charge in [0.2, 0.25) is 12.5 Å². The van der Waals surface area contributed by atoms with Gasteiger partial charge < -0.3 is 38.8 Å². The van der Waals surface area contributed by atoms with E-state index >= 15 is 0 Å². The maximum absolute atomic E-state index is 13.2. The Morgan fingerprint density at radius 3 is 2.21 bits per heavy atom. The quantitative estimate of drug-likeness (QED) is 0.448. The van der Waals surface area contributed by atoms with Gasteiger partial charge in [-0.3, -0.25) is 19.2 Å². The molecule has 0 unspecified atom stereocenters. The minimum absolute atomic E-state index is 0.0924. The molecule has 1 aromatic rings. The van der Waals surface area contributed by atoms with Crippen LogP contribution in [-0.4, -0.2) is 73.3 Å². The lowest BCUT2D eigenvalue weighted by atomic mass is 9.69. The first-order valence-corrected chi connectivity index (χ1v) is 10.1. The van der Waals surface area contributed by atoms with Gasteiger partial charge in [0.1, 0.15) is 12.2 Å². The second-order valence-corrected chi connectivity index (χ2v) is 7.85. The van der Waals surface area contributed by atoms with E-state index in [1.165, 1.54) is 13.2 Å². The fourth-order valence-corrected chi connectivity index (χ4v) is 4.69. The van der Waals surface area contributed by atoms with Crippen LogP contribution >= 0.6 is 0 Å². The minimum Gasteiger partial charge on any atom is -0.492 e. The van der Waals surface area contributed by atoms with E-state index in [0.717, 1.165) is 20.8 Å². The van der Waals surface area contributed by atoms with Crippen LogP contribution in [0.4, 0.5) is 0 Å². The fraction of sp³-hybridized carbons (Fsp3) is 0.524. The van der Waals surface area contributed by atoms with Gasteiger partial charge in [-0.25, -0.2) is 0 Å². The van der Waals surface area contributed by atoms with E-state index in [4.69, 9.17) is 28.4 Å². The number of rotatable bonds is 4. The predicted octanol–water partition coefficient (Wildman–Crippen LogP) is -0.211. The molecule has 178 valence electrons. The van der Waals surface area contributed by atoms with Crippen molar-refractivity contribution in [3.05, 3.63) is 17.2 Å². The molecule has 12 nitrogen and oxygen atoms in total. The molecule has 0 spiro atoms. The molecule has 33 heavy (non-hydrogen) atoms. The molecule has 12 heteroatoms. The molecule has 1 fully saturated rings. The molecule has 0 aromatic heterocycles. The van der Waals surface area contributed by atoms with Gasteiger partial charge in [-0.1, -0.05) is 0 Å². The molecule has 0 bridgehead atoms. The lowest BCUT2D eigenvalue weighted by Gasteiger charge is -2.49. The van der Waals surface area contributed by atoms with Gasteiger partial charge in [0, 0.05) is 26.7 Å². The Balaban J connectivity index is 1.91. The Morgan fingerprint density at radius 1 is 1.00 bits per heavy atom. The number of aliphatic hydroxyl groups excluding tert-OH is 1. The Bertz CT molecular complexity index is 1020. The highest BCUT2D eigenvalue weighted by atomic mass is 16.7. The summed E-state index contributed by atoms with van der Waals surface area (Å²) in [6.07, 6.45) is -5.53. The highest BCUT2D eigenvalue weighted by Gasteiger charge is 2.59. The molecule has 2 aliphatic heterocycles. The maximum Gasteiger partial charge on any atom is 0.303 e. The first-order valence-electron chi connectivity index (χ1n) is 10.1. The van der Waals surface area contributed by atoms with Crippen LogP contribution in [0, 0.1) is 0 Å². The van der Waals surface area contributed by atoms with Crippen LogP contribution < -0.4 is 19.5 Å². The van der Waals surface area contributed by atoms with Crippen molar-refractivity contribution in [3.8, 4) is 17.2 Å². The van der Waals surface area contributed by atoms with E-state index in [2.05, 4.69) is 5.32 Å². The zero-order chi connectivity index (χ0) is 24.0. The summed E-state index contributed by atoms with van der Waals surface area (Å²) in [7, 11) is 1.36. The van der Waals surface area contributed by atoms with Crippen LogP contribution in [0.1, 0.15) is 42.6 Å². The van der Waals surface area contributed by atoms with Crippen molar-refractivity contribution in [3.63, 3.8) is 0 Å². The van der Waals surface area contributed by atoms with Gasteiger partial charge in [0.25, 0.3) is 5.91 Å². The predicted molar refractivity (Wildman–Crippen MR) is 106 cm³/mol. The topological polar surface area (TPSA) is 156 Å². The van der Waals surface area contributed by atoms with Crippen LogP contribution in [0.25, 0.3) is 0 Å². The summed E-state index contributed by atoms with van der Waals surface area (Å²) in [5, 5.41) is 13.9. The molecule has 2 N–H and O–H groups in total. The summed E-state index contributed by atoms with van der Waals surface area (Å²) in [6, 6.07) is 0.521. The van der Waals surface area contributed by atoms with Crippen molar-refractivity contribution in [2.45, 2.75) is 57.1 Å². The van der Waals surface area contributed by atoms with E-state index in [1.54, 1.807) is 0 Å². The number of ether oxygens (including phenoxy) is 6. The average molecular weight is 465 g/mol. The molecule has 1 saturated carbocycles. The Hall–Kier alpha value is -3.54. The Morgan fingerprint density at radius 2 is 1.61 bits per heavy atom. The van der Waals surface area contributed by atoms with E-state index in [-0.39, 0.29) is 23.9 Å². The van der Waals surface area contributed by atoms with Gasteiger partial charge >= 0.3 is 17.9 Å². The van der Waals surface area contributed by atoms with Crippen molar-refractivity contribution >= 4 is 23.8 Å². The SMILES string of the molecule is COc1c2c(cc3c1C(=O)N[C@H]1[C@H](OC(C)=O)[C@H](OC(C)=O)[C@@H](O)[C@H](OC(C)=O)[C@H]31)OCO2. The van der Waals surface area contributed by atoms with Crippen molar-refractivity contribution in [2.24, 2.45) is 0 Å². The normalized spacial score (nSPS) is 29.2. The van der Waals surface area contributed by atoms with E-state index in [1.807, 2.05) is 0 Å². The third-order valence-electron chi connectivity index (χ3n) is 5.74. The van der Waals surface area contributed by atoms with E-state index in [0.29, 0.717) is 11.3 Å². The second-order valence-electron chi connectivity index (χ2n) is 7.85. The molecule has 1 amide bonds. The van der Waals surface area contributed by atoms with Crippen LogP contribution in [0.15, 0.2) is 6.07 Å². The van der Waals surface area contributed by atoms with Gasteiger partial charge in [0.05, 0.1) is 18.7 Å². The molecule has 6 atom stereocenters. The third kappa shape index (κ3) is 3.80. The number of fused-ring (bicyclic) bond motifs is 4. The lowest BCUT2D eigenvalue weighted by molar-refractivity contribution is -0.208. The standard InChI is InChI=1S/C21H23NO11/c1-7(23)31-17-12-10-5-11-16(30-6-29-11)18(28-4)13(10)21(27)22-14(12)19(32-8(2)24)20(15(17)26)33-9(3)25/h5,12,14-15,17,19-20,26H,6H2,1-4H3,(H,22,27)/t12-,14-,15+,17-,19+,20-/m1/s1. The molecule has 0 radical (unpaired) electrons. The number of aliphatic hydroxyl groups is 1. The Kier molecular flexibility index (Phi) is 5.78. The number of hydrogen-bond acceptors (Lipinski definition) is 11. The third-order valence-corrected chi connectivity index (χ3v) is 5.74. The highest BCUT2D eigenvalue weighted by Crippen LogP contribution is 2.51. The van der Waals surface area contributed by atoms with Gasteiger partial charge in [-0.05, 0) is 11.6 Å². The summed E-state index contributed by atoms with van der Waals surface area (Å²) in [4.78, 5) is 48.7. The zero-order valence-corrected chi connectivity index (χ0v) is 18.3. The van der Waals surface area contributed by atoms with Crippen LogP contribution in [-0.2, 0) is 28.6 Å². The molecular weight excluding hydrogens is 442 g/mol. The summed E-state index contributed by atoms with van der Waals surface area (Å²) in [5.74, 6) is -3.05. The van der Waals surface area contributed by atoms with Crippen molar-refractivity contribution in [1.82, 2.24) is 5.32 Å². The number of nitrogens with one attached hydrogen (secondary N) is 1. The largest absolute Gasteiger partial charge is 0.492 e. The van der Waals surface area contributed by atoms with Gasteiger partial charge in [-0.15, -0.1) is 0 Å². The summed E-state index contributed by atoms with van der Waals surface area (Å²) < 4.78 is 32.4. The lowest BCUT2D eigenvalue weighted by Crippen LogP contribution is -2.68. The highest BCUT2D eigenvalue weighted by molar-refractivity contribution is 6.02. The van der Waals surface area contributed by atoms with Crippen LogP contribution in [0.5, 0.6) is 17.2 Å². The van der Waals surface area contributed by atoms with Gasteiger partial charge in [-0.2, -0.15) is 0 Å². The summed E-state index contributed by atoms with van der Waals surface area (Å²) >= 11 is 0. The maximum atomic E-state index is 13.2. The second kappa shape index (κ2) is 8.43. The summed E-state index contributed by atoms with van der Waals surface area (Å²) in [5.41, 5.74) is 0.424. The van der Waals surface area contributed by atoms with Crippen LogP contribution in [0.2, 0.25) is 0 Å². The van der Waals surface area contributed by atoms with Crippen molar-refractivity contribution in [1.29, 1.82) is 0 Å². The van der Waals surface area contributed by atoms with Gasteiger partial charge in [0.15, 0.2) is 23.7 Å². The van der Waals surface area contributed by atoms with Crippen molar-refractivity contribution in [2.75, 3.05) is 13.9 Å². The van der Waals surface area contributed by atoms with E-state index in [9.17, 15) is 24.3 Å². The number of carbonyl (C=O) groups excluding carboxylic acids is 4. The zero-order valence-electron chi connectivity index (χ0n) is 18.3. The molecule has 4 rings (SSSR count). The average Bonchev–Trinajstić information content (AvgIpc) is 3.19. The fourth-order valence-electron chi connectivity index (χ4n) is 4.69. The molecule has 2 heterocycles. The smallest absolute Gasteiger partial charge is 0.303 e. The number of benzene rings is 1. The van der Waals surface area contributed by atoms with Crippen molar-refractivity contribution < 1.29 is 52.7 Å². The first kappa shape index (κ1) is 22.6. The monoisotopic (exact) mass is 465 g/mol. The van der Waals surface area contributed by atoms with E-state index < -0.39 is 60.2 Å². The molecule has 1 aliphatic carbocycles. The minimum atomic E-state index is -1.58. The number of esters is 3. The molecule has 3 aliphatic rings. The molecule has 1 aromatic carbocycles. The number of hydrogen-bond donors (Lipinski definition) is 2.